The molecule has 212 valence electrons. The van der Waals surface area contributed by atoms with Crippen molar-refractivity contribution in [3.8, 4) is 17.3 Å². The molecule has 40 heavy (non-hydrogen) atoms. The van der Waals surface area contributed by atoms with E-state index in [1.807, 2.05) is 18.4 Å². The fourth-order valence-corrected chi connectivity index (χ4v) is 5.79. The smallest absolute Gasteiger partial charge is 0.223 e. The van der Waals surface area contributed by atoms with Crippen LogP contribution in [0.15, 0.2) is 23.1 Å². The number of aliphatic hydroxyl groups excluding tert-OH is 1. The van der Waals surface area contributed by atoms with Crippen LogP contribution in [0.4, 0.5) is 14.7 Å². The Labute approximate surface area is 231 Å². The molecule has 2 aromatic heterocycles. The molecule has 2 saturated heterocycles. The minimum atomic E-state index is -0.769. The second-order valence-electron chi connectivity index (χ2n) is 11.0. The molecule has 3 aromatic rings. The van der Waals surface area contributed by atoms with Crippen LogP contribution in [0.3, 0.4) is 0 Å². The van der Waals surface area contributed by atoms with Gasteiger partial charge in [0.15, 0.2) is 11.2 Å². The number of hydrogen-bond donors (Lipinski definition) is 2. The Hall–Kier alpha value is -3.46. The number of aromatic nitrogens is 3. The predicted octanol–water partition coefficient (Wildman–Crippen LogP) is 3.92. The van der Waals surface area contributed by atoms with Crippen molar-refractivity contribution in [2.24, 2.45) is 5.92 Å². The summed E-state index contributed by atoms with van der Waals surface area (Å²) in [6.45, 7) is 8.12. The minimum Gasteiger partial charge on any atom is -0.389 e. The van der Waals surface area contributed by atoms with E-state index in [4.69, 9.17) is 4.74 Å². The highest BCUT2D eigenvalue weighted by atomic mass is 19.1. The van der Waals surface area contributed by atoms with E-state index in [1.165, 1.54) is 0 Å². The van der Waals surface area contributed by atoms with Gasteiger partial charge in [-0.1, -0.05) is 0 Å². The van der Waals surface area contributed by atoms with Crippen LogP contribution >= 0.6 is 0 Å². The number of likely N-dealkylation sites (tertiary alicyclic amines) is 1. The number of pyridine rings is 1. The molecule has 0 amide bonds. The number of fused-ring (bicyclic) bond motifs is 1. The van der Waals surface area contributed by atoms with Crippen LogP contribution < -0.4 is 10.7 Å². The monoisotopic (exact) mass is 552 g/mol. The van der Waals surface area contributed by atoms with E-state index >= 15 is 8.78 Å². The summed E-state index contributed by atoms with van der Waals surface area (Å²) in [7, 11) is 0. The lowest BCUT2D eigenvalue weighted by molar-refractivity contribution is -0.0136. The van der Waals surface area contributed by atoms with Gasteiger partial charge in [0.2, 0.25) is 5.95 Å². The summed E-state index contributed by atoms with van der Waals surface area (Å²) in [6, 6.07) is 4.59. The largest absolute Gasteiger partial charge is 0.389 e. The highest BCUT2D eigenvalue weighted by Crippen LogP contribution is 2.31. The molecule has 2 aliphatic rings. The van der Waals surface area contributed by atoms with E-state index in [2.05, 4.69) is 26.3 Å². The first-order valence-electron chi connectivity index (χ1n) is 13.7. The zero-order valence-corrected chi connectivity index (χ0v) is 23.0. The molecule has 2 fully saturated rings. The van der Waals surface area contributed by atoms with Crippen LogP contribution in [0.5, 0.6) is 0 Å². The Morgan fingerprint density at radius 2 is 2.08 bits per heavy atom. The first-order chi connectivity index (χ1) is 19.2. The number of aliphatic hydroxyl groups is 1. The third kappa shape index (κ3) is 5.44. The number of nitriles is 1. The number of nitrogens with zero attached hydrogens (tertiary/aromatic N) is 5. The van der Waals surface area contributed by atoms with Crippen LogP contribution in [0, 0.1) is 35.8 Å². The fraction of sp³-hybridized carbons (Fsp3) is 0.517. The quantitative estimate of drug-likeness (QED) is 0.473. The molecule has 0 radical (unpaired) electrons. The second kappa shape index (κ2) is 11.6. The average Bonchev–Trinajstić information content (AvgIpc) is 2.93. The van der Waals surface area contributed by atoms with Crippen molar-refractivity contribution in [1.82, 2.24) is 19.4 Å². The molecule has 0 bridgehead atoms. The molecule has 2 N–H and O–H groups in total. The van der Waals surface area contributed by atoms with Gasteiger partial charge in [0.25, 0.3) is 0 Å². The number of anilines is 1. The molecule has 0 spiro atoms. The Balaban J connectivity index is 1.60. The van der Waals surface area contributed by atoms with Crippen molar-refractivity contribution >= 4 is 16.9 Å². The van der Waals surface area contributed by atoms with Crippen LogP contribution in [0.25, 0.3) is 22.2 Å². The van der Waals surface area contributed by atoms with E-state index in [0.29, 0.717) is 37.2 Å². The molecule has 5 rings (SSSR count). The third-order valence-electron chi connectivity index (χ3n) is 7.86. The molecule has 0 saturated carbocycles. The lowest BCUT2D eigenvalue weighted by Gasteiger charge is -2.32. The average molecular weight is 553 g/mol. The normalized spacial score (nSPS) is 22.0. The number of piperidine rings is 1. The maximum absolute atomic E-state index is 15.7. The lowest BCUT2D eigenvalue weighted by Crippen LogP contribution is -2.42. The van der Waals surface area contributed by atoms with E-state index in [-0.39, 0.29) is 47.2 Å². The van der Waals surface area contributed by atoms with Crippen molar-refractivity contribution in [1.29, 1.82) is 5.26 Å². The molecule has 11 heteroatoms. The standard InChI is InChI=1S/C29H34F2N6O3/c1-16(2)37-23-10-19(27-21(31)12-33-29(35-27)34-22-6-8-40-15-25(22)38)9-20(30)26(23)28(39)17(3)24(37)14-36-7-4-5-18(11-32)13-36/h9-10,12,16,18,22,25,38H,4-8,13-15H2,1-3H3,(H,33,34,35)/t18-,22+,25+/m0/s1. The Morgan fingerprint density at radius 3 is 2.80 bits per heavy atom. The van der Waals surface area contributed by atoms with Crippen molar-refractivity contribution < 1.29 is 18.6 Å². The molecule has 0 aliphatic carbocycles. The number of benzene rings is 1. The number of ether oxygens (including phenoxy) is 1. The zero-order chi connectivity index (χ0) is 28.6. The summed E-state index contributed by atoms with van der Waals surface area (Å²) in [5.41, 5.74) is 1.23. The summed E-state index contributed by atoms with van der Waals surface area (Å²) >= 11 is 0. The first kappa shape index (κ1) is 28.1. The van der Waals surface area contributed by atoms with E-state index in [1.54, 1.807) is 13.0 Å². The van der Waals surface area contributed by atoms with Crippen molar-refractivity contribution in [3.05, 3.63) is 51.4 Å². The van der Waals surface area contributed by atoms with Crippen LogP contribution in [-0.4, -0.2) is 63.0 Å². The van der Waals surface area contributed by atoms with Gasteiger partial charge in [-0.2, -0.15) is 5.26 Å². The molecule has 1 aromatic carbocycles. The Kier molecular flexibility index (Phi) is 8.12. The minimum absolute atomic E-state index is 0.0506. The predicted molar refractivity (Wildman–Crippen MR) is 147 cm³/mol. The number of nitrogens with one attached hydrogen (secondary N) is 1. The van der Waals surface area contributed by atoms with Crippen molar-refractivity contribution in [2.75, 3.05) is 31.6 Å². The van der Waals surface area contributed by atoms with Gasteiger partial charge in [0, 0.05) is 42.6 Å². The Bertz CT molecular complexity index is 1520. The van der Waals surface area contributed by atoms with Crippen molar-refractivity contribution in [3.63, 3.8) is 0 Å². The summed E-state index contributed by atoms with van der Waals surface area (Å²) < 4.78 is 37.9. The molecular weight excluding hydrogens is 518 g/mol. The summed E-state index contributed by atoms with van der Waals surface area (Å²) in [5.74, 6) is -1.45. The maximum Gasteiger partial charge on any atom is 0.223 e. The summed E-state index contributed by atoms with van der Waals surface area (Å²) in [5, 5.41) is 22.6. The van der Waals surface area contributed by atoms with Gasteiger partial charge in [0.05, 0.1) is 47.8 Å². The zero-order valence-electron chi connectivity index (χ0n) is 23.0. The van der Waals surface area contributed by atoms with E-state index in [0.717, 1.165) is 37.3 Å². The van der Waals surface area contributed by atoms with Gasteiger partial charge in [-0.05, 0) is 58.7 Å². The Morgan fingerprint density at radius 1 is 1.27 bits per heavy atom. The fourth-order valence-electron chi connectivity index (χ4n) is 5.79. The maximum atomic E-state index is 15.7. The summed E-state index contributed by atoms with van der Waals surface area (Å²) in [6.07, 6.45) is 2.51. The van der Waals surface area contributed by atoms with Gasteiger partial charge in [-0.25, -0.2) is 18.7 Å². The van der Waals surface area contributed by atoms with E-state index in [9.17, 15) is 15.2 Å². The second-order valence-corrected chi connectivity index (χ2v) is 11.0. The summed E-state index contributed by atoms with van der Waals surface area (Å²) in [4.78, 5) is 24.0. The number of halogens is 2. The van der Waals surface area contributed by atoms with Crippen LogP contribution in [0.1, 0.15) is 50.4 Å². The molecule has 0 unspecified atom stereocenters. The van der Waals surface area contributed by atoms with Crippen LogP contribution in [0.2, 0.25) is 0 Å². The number of hydrogen-bond acceptors (Lipinski definition) is 8. The molecule has 4 heterocycles. The van der Waals surface area contributed by atoms with Crippen molar-refractivity contribution in [2.45, 2.75) is 64.8 Å². The lowest BCUT2D eigenvalue weighted by atomic mass is 9.98. The molecule has 2 aliphatic heterocycles. The highest BCUT2D eigenvalue weighted by molar-refractivity contribution is 5.86. The van der Waals surface area contributed by atoms with Crippen LogP contribution in [-0.2, 0) is 11.3 Å². The first-order valence-corrected chi connectivity index (χ1v) is 13.7. The third-order valence-corrected chi connectivity index (χ3v) is 7.86. The van der Waals surface area contributed by atoms with Gasteiger partial charge in [0.1, 0.15) is 11.5 Å². The molecular formula is C29H34F2N6O3. The topological polar surface area (TPSA) is 116 Å². The molecule has 9 nitrogen and oxygen atoms in total. The van der Waals surface area contributed by atoms with E-state index < -0.39 is 23.2 Å². The number of rotatable bonds is 6. The highest BCUT2D eigenvalue weighted by Gasteiger charge is 2.27. The van der Waals surface area contributed by atoms with Gasteiger partial charge in [-0.15, -0.1) is 0 Å². The SMILES string of the molecule is Cc1c(CN2CCC[C@@H](C#N)C2)n(C(C)C)c2cc(-c3nc(N[C@@H]4CCOC[C@H]4O)ncc3F)cc(F)c2c1=O. The van der Waals surface area contributed by atoms with Gasteiger partial charge < -0.3 is 19.7 Å². The van der Waals surface area contributed by atoms with Gasteiger partial charge >= 0.3 is 0 Å². The molecule has 3 atom stereocenters. The van der Waals surface area contributed by atoms with Gasteiger partial charge in [-0.3, -0.25) is 9.69 Å².